The quantitative estimate of drug-likeness (QED) is 0.299. The van der Waals surface area contributed by atoms with E-state index in [1.165, 1.54) is 51.0 Å². The predicted octanol–water partition coefficient (Wildman–Crippen LogP) is 9.98. The Kier molecular flexibility index (Phi) is 6.16. The predicted molar refractivity (Wildman–Crippen MR) is 188 cm³/mol. The Labute approximate surface area is 276 Å². The number of nitrogens with one attached hydrogen (secondary N) is 1. The van der Waals surface area contributed by atoms with Crippen LogP contribution in [0.1, 0.15) is 79.2 Å². The lowest BCUT2D eigenvalue weighted by Gasteiger charge is -2.43. The van der Waals surface area contributed by atoms with Gasteiger partial charge in [0, 0.05) is 22.6 Å². The van der Waals surface area contributed by atoms with Crippen LogP contribution in [0.25, 0.3) is 17.2 Å². The van der Waals surface area contributed by atoms with E-state index in [2.05, 4.69) is 109 Å². The summed E-state index contributed by atoms with van der Waals surface area (Å²) in [7, 11) is 0. The van der Waals surface area contributed by atoms with Gasteiger partial charge in [0.05, 0.1) is 11.0 Å². The maximum absolute atomic E-state index is 7.09. The van der Waals surface area contributed by atoms with E-state index in [0.29, 0.717) is 11.8 Å². The number of allylic oxidation sites excluding steroid dienone is 10. The third-order valence-corrected chi connectivity index (χ3v) is 11.4. The number of nitrogens with zero attached hydrogens (tertiary/aromatic N) is 1. The van der Waals surface area contributed by atoms with Gasteiger partial charge in [-0.25, -0.2) is 0 Å². The van der Waals surface area contributed by atoms with Crippen LogP contribution in [0.4, 0.5) is 0 Å². The van der Waals surface area contributed by atoms with Crippen molar-refractivity contribution >= 4 is 12.0 Å². The third kappa shape index (κ3) is 3.91. The highest BCUT2D eigenvalue weighted by Crippen LogP contribution is 2.65. The normalized spacial score (nSPS) is 24.1. The molecule has 0 aromatic heterocycles. The number of hydrogen-bond acceptors (Lipinski definition) is 4. The molecular weight excluding hydrogens is 576 g/mol. The molecule has 2 heterocycles. The molecule has 2 aliphatic heterocycles. The van der Waals surface area contributed by atoms with Crippen LogP contribution in [-0.2, 0) is 16.6 Å². The van der Waals surface area contributed by atoms with Crippen molar-refractivity contribution in [1.29, 1.82) is 0 Å². The standard InChI is InChI=1S/C43H38N2O2/c1-2-14-28(15-3-1)41-44-45-42(47-41)39-29-16-5-4-13-27(29)25-26-32(39)33-19-12-23-37-40(33)46-38-24-11-10-22-36(38)43(37)34-20-8-6-17-30(34)31-18-7-9-21-35(31)43/h2,4,6-7,10-14,17-19,22-26,28,41,44H,1,3,5,8-9,15-16,20-21H2. The number of fused-ring (bicyclic) bond motifs is 8. The molecule has 0 radical (unpaired) electrons. The van der Waals surface area contributed by atoms with Crippen molar-refractivity contribution < 1.29 is 9.47 Å². The zero-order chi connectivity index (χ0) is 31.0. The smallest absolute Gasteiger partial charge is 0.240 e. The van der Waals surface area contributed by atoms with Gasteiger partial charge in [-0.2, -0.15) is 0 Å². The van der Waals surface area contributed by atoms with Gasteiger partial charge < -0.3 is 9.47 Å². The van der Waals surface area contributed by atoms with E-state index in [4.69, 9.17) is 14.6 Å². The molecule has 3 aromatic carbocycles. The first-order valence-electron chi connectivity index (χ1n) is 17.5. The van der Waals surface area contributed by atoms with Crippen LogP contribution in [-0.4, -0.2) is 12.1 Å². The van der Waals surface area contributed by atoms with E-state index in [1.807, 2.05) is 0 Å². The largest absolute Gasteiger partial charge is 0.456 e. The molecular formula is C43H38N2O2. The highest BCUT2D eigenvalue weighted by molar-refractivity contribution is 6.05. The summed E-state index contributed by atoms with van der Waals surface area (Å²) in [6.07, 6.45) is 28.1. The van der Waals surface area contributed by atoms with Gasteiger partial charge in [-0.1, -0.05) is 97.1 Å². The molecule has 0 amide bonds. The summed E-state index contributed by atoms with van der Waals surface area (Å²) >= 11 is 0. The van der Waals surface area contributed by atoms with Gasteiger partial charge in [0.15, 0.2) is 6.23 Å². The Morgan fingerprint density at radius 1 is 0.723 bits per heavy atom. The Balaban J connectivity index is 1.20. The SMILES string of the molecule is C1=CC(C2NN=C(c3c(-c4cccc5c4Oc4ccccc4C54C5=C(C=CCC5)C5=C4CCC=C5)ccc4c3CCC=C4)O2)CCC1. The fourth-order valence-corrected chi connectivity index (χ4v) is 9.40. The first kappa shape index (κ1) is 27.3. The van der Waals surface area contributed by atoms with E-state index in [1.54, 1.807) is 0 Å². The second kappa shape index (κ2) is 10.6. The van der Waals surface area contributed by atoms with Gasteiger partial charge in [0.2, 0.25) is 5.90 Å². The van der Waals surface area contributed by atoms with Crippen molar-refractivity contribution in [2.75, 3.05) is 0 Å². The Morgan fingerprint density at radius 3 is 2.34 bits per heavy atom. The molecule has 4 heteroatoms. The number of rotatable bonds is 3. The molecule has 4 nitrogen and oxygen atoms in total. The van der Waals surface area contributed by atoms with Gasteiger partial charge in [0.1, 0.15) is 11.5 Å². The van der Waals surface area contributed by atoms with Crippen LogP contribution >= 0.6 is 0 Å². The first-order valence-corrected chi connectivity index (χ1v) is 17.5. The van der Waals surface area contributed by atoms with Crippen LogP contribution in [0.15, 0.2) is 125 Å². The summed E-state index contributed by atoms with van der Waals surface area (Å²) in [4.78, 5) is 0. The molecule has 0 bridgehead atoms. The lowest BCUT2D eigenvalue weighted by molar-refractivity contribution is 0.132. The number of ether oxygens (including phenoxy) is 2. The molecule has 7 aliphatic rings. The molecule has 10 rings (SSSR count). The van der Waals surface area contributed by atoms with Crippen molar-refractivity contribution in [1.82, 2.24) is 5.43 Å². The molecule has 3 aromatic rings. The average molecular weight is 615 g/mol. The fraction of sp³-hybridized carbons (Fsp3) is 0.279. The number of para-hydroxylation sites is 2. The number of benzene rings is 3. The lowest BCUT2D eigenvalue weighted by Crippen LogP contribution is -2.35. The Hall–Kier alpha value is -4.83. The lowest BCUT2D eigenvalue weighted by atomic mass is 9.62. The van der Waals surface area contributed by atoms with Crippen LogP contribution < -0.4 is 10.2 Å². The number of hydrazone groups is 1. The van der Waals surface area contributed by atoms with Crippen LogP contribution in [0.3, 0.4) is 0 Å². The Bertz CT molecular complexity index is 2030. The van der Waals surface area contributed by atoms with Crippen molar-refractivity contribution in [2.45, 2.75) is 69.4 Å². The minimum atomic E-state index is -0.334. The molecule has 2 unspecified atom stereocenters. The van der Waals surface area contributed by atoms with Gasteiger partial charge >= 0.3 is 0 Å². The summed E-state index contributed by atoms with van der Waals surface area (Å²) in [5.74, 6) is 2.94. The molecule has 0 saturated carbocycles. The maximum atomic E-state index is 7.09. The molecule has 1 N–H and O–H groups in total. The van der Waals surface area contributed by atoms with E-state index in [0.717, 1.165) is 79.6 Å². The molecule has 47 heavy (non-hydrogen) atoms. The monoisotopic (exact) mass is 614 g/mol. The van der Waals surface area contributed by atoms with Gasteiger partial charge in [0.25, 0.3) is 0 Å². The third-order valence-electron chi connectivity index (χ3n) is 11.4. The fourth-order valence-electron chi connectivity index (χ4n) is 9.40. The topological polar surface area (TPSA) is 42.9 Å². The zero-order valence-corrected chi connectivity index (χ0v) is 26.6. The van der Waals surface area contributed by atoms with E-state index in [-0.39, 0.29) is 11.6 Å². The number of hydrogen-bond donors (Lipinski definition) is 1. The zero-order valence-electron chi connectivity index (χ0n) is 26.6. The average Bonchev–Trinajstić information content (AvgIpc) is 3.74. The molecule has 1 spiro atoms. The second-order valence-corrected chi connectivity index (χ2v) is 13.8. The van der Waals surface area contributed by atoms with Crippen LogP contribution in [0.2, 0.25) is 0 Å². The van der Waals surface area contributed by atoms with E-state index >= 15 is 0 Å². The highest BCUT2D eigenvalue weighted by Gasteiger charge is 2.53. The molecule has 0 fully saturated rings. The first-order chi connectivity index (χ1) is 23.3. The summed E-state index contributed by atoms with van der Waals surface area (Å²) in [6, 6.07) is 20.2. The van der Waals surface area contributed by atoms with Crippen LogP contribution in [0, 0.1) is 5.92 Å². The van der Waals surface area contributed by atoms with E-state index < -0.39 is 0 Å². The summed E-state index contributed by atoms with van der Waals surface area (Å²) in [5, 5.41) is 4.90. The summed E-state index contributed by atoms with van der Waals surface area (Å²) < 4.78 is 13.8. The molecule has 2 atom stereocenters. The van der Waals surface area contributed by atoms with Gasteiger partial charge in [-0.15, -0.1) is 5.10 Å². The van der Waals surface area contributed by atoms with E-state index in [9.17, 15) is 0 Å². The summed E-state index contributed by atoms with van der Waals surface area (Å²) in [6.45, 7) is 0. The summed E-state index contributed by atoms with van der Waals surface area (Å²) in [5.41, 5.74) is 17.3. The molecule has 232 valence electrons. The molecule has 0 saturated heterocycles. The van der Waals surface area contributed by atoms with Gasteiger partial charge in [-0.3, -0.25) is 5.43 Å². The van der Waals surface area contributed by atoms with Gasteiger partial charge in [-0.05, 0) is 103 Å². The Morgan fingerprint density at radius 2 is 1.51 bits per heavy atom. The van der Waals surface area contributed by atoms with Crippen molar-refractivity contribution in [2.24, 2.45) is 11.0 Å². The minimum absolute atomic E-state index is 0.145. The van der Waals surface area contributed by atoms with Crippen molar-refractivity contribution in [3.8, 4) is 22.6 Å². The van der Waals surface area contributed by atoms with Crippen molar-refractivity contribution in [3.63, 3.8) is 0 Å². The minimum Gasteiger partial charge on any atom is -0.456 e. The highest BCUT2D eigenvalue weighted by atomic mass is 16.5. The van der Waals surface area contributed by atoms with Crippen molar-refractivity contribution in [3.05, 3.63) is 147 Å². The second-order valence-electron chi connectivity index (χ2n) is 13.8. The maximum Gasteiger partial charge on any atom is 0.240 e. The van der Waals surface area contributed by atoms with Crippen LogP contribution in [0.5, 0.6) is 11.5 Å². The molecule has 5 aliphatic carbocycles.